The van der Waals surface area contributed by atoms with E-state index in [4.69, 9.17) is 21.4 Å². The van der Waals surface area contributed by atoms with Crippen LogP contribution in [0.5, 0.6) is 11.5 Å². The zero-order chi connectivity index (χ0) is 38.5. The van der Waals surface area contributed by atoms with Gasteiger partial charge in [0.1, 0.15) is 29.6 Å². The number of ether oxygens (including phenoxy) is 1. The number of imide groups is 2. The minimum Gasteiger partial charge on any atom is -0.508 e. The predicted molar refractivity (Wildman–Crippen MR) is 210 cm³/mol. The average molecular weight is 775 g/mol. The highest BCUT2D eigenvalue weighted by Gasteiger charge is 2.68. The number of carbonyl (C=O) groups excluding carboxylic acids is 4. The summed E-state index contributed by atoms with van der Waals surface area (Å²) in [5, 5.41) is 18.2. The number of aryl methyl sites for hydroxylation is 2. The monoisotopic (exact) mass is 774 g/mol. The minimum atomic E-state index is -1.33. The molecular formula is C43H39ClN4O6S. The Morgan fingerprint density at radius 2 is 1.76 bits per heavy atom. The number of amides is 4. The van der Waals surface area contributed by atoms with E-state index in [1.54, 1.807) is 54.3 Å². The number of aromatic nitrogens is 2. The molecule has 1 N–H and O–H groups in total. The fourth-order valence-corrected chi connectivity index (χ4v) is 11.1. The van der Waals surface area contributed by atoms with Crippen LogP contribution in [0, 0.1) is 36.0 Å². The highest BCUT2D eigenvalue weighted by molar-refractivity contribution is 7.22. The van der Waals surface area contributed by atoms with Crippen molar-refractivity contribution in [2.75, 3.05) is 11.4 Å². The molecule has 0 unspecified atom stereocenters. The van der Waals surface area contributed by atoms with Gasteiger partial charge in [-0.05, 0) is 80.3 Å². The Hall–Kier alpha value is -5.26. The van der Waals surface area contributed by atoms with Gasteiger partial charge in [0, 0.05) is 46.9 Å². The van der Waals surface area contributed by atoms with Crippen LogP contribution in [0.15, 0.2) is 84.4 Å². The molecule has 1 saturated carbocycles. The van der Waals surface area contributed by atoms with Gasteiger partial charge >= 0.3 is 0 Å². The van der Waals surface area contributed by atoms with Gasteiger partial charge in [-0.2, -0.15) is 5.10 Å². The Kier molecular flexibility index (Phi) is 8.32. The number of carbonyl (C=O) groups is 4. The summed E-state index contributed by atoms with van der Waals surface area (Å²) >= 11 is 7.89. The molecule has 55 heavy (non-hydrogen) atoms. The molecule has 9 rings (SSSR count). The zero-order valence-electron chi connectivity index (χ0n) is 30.8. The van der Waals surface area contributed by atoms with Crippen LogP contribution in [-0.4, -0.2) is 50.0 Å². The van der Waals surface area contributed by atoms with Gasteiger partial charge in [0.25, 0.3) is 0 Å². The average Bonchev–Trinajstić information content (AvgIpc) is 3.84. The van der Waals surface area contributed by atoms with E-state index in [0.717, 1.165) is 31.7 Å². The molecule has 2 aromatic heterocycles. The SMILES string of the molecule is CCN1C(=O)[C@H]2[C@H](CC=C3[C@H]2C[C@H]2C(=O)N(c4cc(-c5sc6ccc(Cl)cc6c5C)nn4C)C(=O)[C@@]2(C)[C@H]3c2ccc(OCc3ccccc3)cc2O)C1=O. The van der Waals surface area contributed by atoms with E-state index in [0.29, 0.717) is 40.9 Å². The van der Waals surface area contributed by atoms with Gasteiger partial charge in [-0.3, -0.25) is 28.8 Å². The molecule has 3 fully saturated rings. The quantitative estimate of drug-likeness (QED) is 0.132. The third-order valence-electron chi connectivity index (χ3n) is 12.5. The van der Waals surface area contributed by atoms with E-state index >= 15 is 4.79 Å². The number of hydrogen-bond donors (Lipinski definition) is 1. The van der Waals surface area contributed by atoms with Crippen molar-refractivity contribution in [1.29, 1.82) is 0 Å². The summed E-state index contributed by atoms with van der Waals surface area (Å²) in [6.45, 7) is 6.17. The van der Waals surface area contributed by atoms with Gasteiger partial charge < -0.3 is 9.84 Å². The Balaban J connectivity index is 1.14. The highest BCUT2D eigenvalue weighted by atomic mass is 35.5. The number of halogens is 1. The zero-order valence-corrected chi connectivity index (χ0v) is 32.4. The van der Waals surface area contributed by atoms with Crippen molar-refractivity contribution in [2.24, 2.45) is 36.1 Å². The summed E-state index contributed by atoms with van der Waals surface area (Å²) in [7, 11) is 1.72. The second kappa shape index (κ2) is 12.9. The number of aromatic hydroxyl groups is 1. The standard InChI is InChI=1S/C43H39ClN4O6S/c1-5-47-39(50)28-15-14-26-30(36(28)41(47)52)19-31-40(51)48(35-20-32(45-46(35)4)38-22(2)29-17-24(44)11-16-34(29)55-38)42(53)43(31,3)37(26)27-13-12-25(18-33(27)49)54-21-23-9-7-6-8-10-23/h6-14,16-18,20,28,30-31,36-37,49H,5,15,19,21H2,1-4H3/t28-,30+,31-,36-,37+,43+/m0/s1. The summed E-state index contributed by atoms with van der Waals surface area (Å²) < 4.78 is 8.64. The number of hydrogen-bond acceptors (Lipinski definition) is 8. The van der Waals surface area contributed by atoms with E-state index in [2.05, 4.69) is 0 Å². The number of fused-ring (bicyclic) bond motifs is 5. The first-order valence-electron chi connectivity index (χ1n) is 18.6. The fraction of sp³-hybridized carbons (Fsp3) is 0.326. The van der Waals surface area contributed by atoms with Crippen LogP contribution in [0.1, 0.15) is 49.3 Å². The van der Waals surface area contributed by atoms with Crippen LogP contribution >= 0.6 is 22.9 Å². The maximum absolute atomic E-state index is 15.1. The van der Waals surface area contributed by atoms with Crippen LogP contribution in [0.4, 0.5) is 5.82 Å². The highest BCUT2D eigenvalue weighted by Crippen LogP contribution is 2.64. The first-order chi connectivity index (χ1) is 26.4. The van der Waals surface area contributed by atoms with Crippen molar-refractivity contribution in [3.8, 4) is 22.1 Å². The molecule has 280 valence electrons. The Morgan fingerprint density at radius 3 is 2.51 bits per heavy atom. The van der Waals surface area contributed by atoms with Gasteiger partial charge in [0.05, 0.1) is 28.0 Å². The molecule has 0 spiro atoms. The number of rotatable bonds is 7. The molecule has 4 heterocycles. The molecule has 2 aliphatic carbocycles. The second-order valence-electron chi connectivity index (χ2n) is 15.3. The van der Waals surface area contributed by atoms with Gasteiger partial charge in [-0.25, -0.2) is 4.90 Å². The minimum absolute atomic E-state index is 0.0786. The van der Waals surface area contributed by atoms with Crippen LogP contribution in [0.3, 0.4) is 0 Å². The summed E-state index contributed by atoms with van der Waals surface area (Å²) in [5.41, 5.74) is 2.53. The van der Waals surface area contributed by atoms with Gasteiger partial charge in [-0.1, -0.05) is 59.6 Å². The first-order valence-corrected chi connectivity index (χ1v) is 19.8. The summed E-state index contributed by atoms with van der Waals surface area (Å²) in [6.07, 6.45) is 2.54. The number of benzene rings is 3. The third-order valence-corrected chi connectivity index (χ3v) is 14.0. The second-order valence-corrected chi connectivity index (χ2v) is 16.8. The molecule has 4 amide bonds. The number of thiophene rings is 1. The number of anilines is 1. The van der Waals surface area contributed by atoms with Crippen LogP contribution < -0.4 is 9.64 Å². The Morgan fingerprint density at radius 1 is 0.982 bits per heavy atom. The van der Waals surface area contributed by atoms with Crippen molar-refractivity contribution in [1.82, 2.24) is 14.7 Å². The maximum atomic E-state index is 15.1. The topological polar surface area (TPSA) is 122 Å². The lowest BCUT2D eigenvalue weighted by Gasteiger charge is -2.49. The number of nitrogens with zero attached hydrogens (tertiary/aromatic N) is 4. The smallest absolute Gasteiger partial charge is 0.242 e. The molecule has 6 atom stereocenters. The lowest BCUT2D eigenvalue weighted by atomic mass is 9.51. The van der Waals surface area contributed by atoms with E-state index in [-0.39, 0.29) is 36.4 Å². The van der Waals surface area contributed by atoms with Gasteiger partial charge in [0.2, 0.25) is 23.6 Å². The van der Waals surface area contributed by atoms with E-state index in [1.165, 1.54) is 9.80 Å². The molecule has 0 bridgehead atoms. The third kappa shape index (κ3) is 5.23. The summed E-state index contributed by atoms with van der Waals surface area (Å²) in [4.78, 5) is 60.8. The lowest BCUT2D eigenvalue weighted by Crippen LogP contribution is -2.49. The maximum Gasteiger partial charge on any atom is 0.242 e. The van der Waals surface area contributed by atoms with Crippen molar-refractivity contribution < 1.29 is 29.0 Å². The van der Waals surface area contributed by atoms with E-state index < -0.39 is 40.9 Å². The molecular weight excluding hydrogens is 736 g/mol. The number of likely N-dealkylation sites (tertiary alicyclic amines) is 1. The Labute approximate surface area is 326 Å². The molecule has 3 aromatic carbocycles. The van der Waals surface area contributed by atoms with Gasteiger partial charge in [0.15, 0.2) is 0 Å². The molecule has 2 saturated heterocycles. The first kappa shape index (κ1) is 35.4. The summed E-state index contributed by atoms with van der Waals surface area (Å²) in [6, 6.07) is 22.3. The Bertz CT molecular complexity index is 2490. The van der Waals surface area contributed by atoms with Crippen molar-refractivity contribution >= 4 is 62.5 Å². The van der Waals surface area contributed by atoms with Crippen LogP contribution in [0.25, 0.3) is 20.7 Å². The molecule has 12 heteroatoms. The summed E-state index contributed by atoms with van der Waals surface area (Å²) in [5.74, 6) is -3.80. The van der Waals surface area contributed by atoms with E-state index in [1.807, 2.05) is 68.5 Å². The molecule has 0 radical (unpaired) electrons. The number of allylic oxidation sites excluding steroid dienone is 2. The molecule has 5 aromatic rings. The molecule has 10 nitrogen and oxygen atoms in total. The van der Waals surface area contributed by atoms with Crippen molar-refractivity contribution in [3.63, 3.8) is 0 Å². The van der Waals surface area contributed by atoms with Gasteiger partial charge in [-0.15, -0.1) is 11.3 Å². The fourth-order valence-electron chi connectivity index (χ4n) is 9.77. The number of phenolic OH excluding ortho intramolecular Hbond substituents is 1. The van der Waals surface area contributed by atoms with Crippen LogP contribution in [0.2, 0.25) is 5.02 Å². The normalized spacial score (nSPS) is 26.1. The number of phenols is 1. The van der Waals surface area contributed by atoms with Crippen molar-refractivity contribution in [3.05, 3.63) is 106 Å². The molecule has 2 aliphatic heterocycles. The predicted octanol–water partition coefficient (Wildman–Crippen LogP) is 7.80. The molecule has 4 aliphatic rings. The lowest BCUT2D eigenvalue weighted by molar-refractivity contribution is -0.140. The van der Waals surface area contributed by atoms with Crippen LogP contribution in [-0.2, 0) is 32.8 Å². The van der Waals surface area contributed by atoms with Crippen molar-refractivity contribution in [2.45, 2.75) is 46.1 Å². The van der Waals surface area contributed by atoms with E-state index in [9.17, 15) is 19.5 Å². The largest absolute Gasteiger partial charge is 0.508 e.